The topological polar surface area (TPSA) is 8.17 Å². The van der Waals surface area contributed by atoms with Gasteiger partial charge in [-0.1, -0.05) is 133 Å². The predicted molar refractivity (Wildman–Crippen MR) is 247 cm³/mol. The van der Waals surface area contributed by atoms with Crippen LogP contribution in [0.4, 0.5) is 17.1 Å². The van der Waals surface area contributed by atoms with Crippen LogP contribution in [0.25, 0.3) is 71.3 Å². The second-order valence-electron chi connectivity index (χ2n) is 16.1. The Morgan fingerprint density at radius 1 is 0.305 bits per heavy atom. The van der Waals surface area contributed by atoms with E-state index >= 15 is 0 Å². The van der Waals surface area contributed by atoms with E-state index in [4.69, 9.17) is 0 Å². The van der Waals surface area contributed by atoms with Crippen molar-refractivity contribution in [3.8, 4) is 27.9 Å². The van der Waals surface area contributed by atoms with Crippen LogP contribution in [-0.2, 0) is 5.41 Å². The fraction of sp³-hybridized carbons (Fsp3) is 0.0175. The molecule has 11 aromatic rings. The third-order valence-electron chi connectivity index (χ3n) is 13.1. The van der Waals surface area contributed by atoms with Crippen molar-refractivity contribution < 1.29 is 0 Å². The molecule has 0 radical (unpaired) electrons. The van der Waals surface area contributed by atoms with Gasteiger partial charge in [-0.25, -0.2) is 0 Å². The van der Waals surface area contributed by atoms with Gasteiger partial charge in [0.2, 0.25) is 0 Å². The van der Waals surface area contributed by atoms with Crippen molar-refractivity contribution >= 4 is 60.4 Å². The zero-order chi connectivity index (χ0) is 38.7. The normalized spacial score (nSPS) is 13.2. The minimum absolute atomic E-state index is 0.427. The summed E-state index contributed by atoms with van der Waals surface area (Å²) in [4.78, 5) is 2.41. The lowest BCUT2D eigenvalue weighted by atomic mass is 9.70. The number of benzene rings is 10. The molecule has 0 bridgehead atoms. The van der Waals surface area contributed by atoms with Crippen LogP contribution in [-0.4, -0.2) is 4.57 Å². The van der Waals surface area contributed by atoms with Crippen LogP contribution in [0.15, 0.2) is 218 Å². The second kappa shape index (κ2) is 12.2. The van der Waals surface area contributed by atoms with Gasteiger partial charge in [0, 0.05) is 33.5 Å². The van der Waals surface area contributed by atoms with E-state index in [-0.39, 0.29) is 0 Å². The maximum absolute atomic E-state index is 2.51. The van der Waals surface area contributed by atoms with Crippen molar-refractivity contribution in [2.75, 3.05) is 4.90 Å². The molecule has 0 fully saturated rings. The van der Waals surface area contributed by atoms with E-state index < -0.39 is 5.41 Å². The molecule has 0 unspecified atom stereocenters. The maximum Gasteiger partial charge on any atom is 0.0725 e. The van der Waals surface area contributed by atoms with Crippen LogP contribution in [0.2, 0.25) is 0 Å². The molecule has 13 rings (SSSR count). The fourth-order valence-corrected chi connectivity index (χ4v) is 10.7. The summed E-state index contributed by atoms with van der Waals surface area (Å²) in [6.45, 7) is 0. The number of nitrogens with zero attached hydrogens (tertiary/aromatic N) is 2. The van der Waals surface area contributed by atoms with Gasteiger partial charge in [0.25, 0.3) is 0 Å². The molecule has 1 heterocycles. The fourth-order valence-electron chi connectivity index (χ4n) is 10.7. The number of fused-ring (bicyclic) bond motifs is 15. The third kappa shape index (κ3) is 4.46. The molecule has 0 saturated heterocycles. The van der Waals surface area contributed by atoms with Gasteiger partial charge in [-0.3, -0.25) is 0 Å². The van der Waals surface area contributed by atoms with E-state index in [2.05, 4.69) is 228 Å². The molecule has 0 saturated carbocycles. The lowest BCUT2D eigenvalue weighted by Gasteiger charge is -2.31. The summed E-state index contributed by atoms with van der Waals surface area (Å²) in [6.07, 6.45) is 0. The highest BCUT2D eigenvalue weighted by Crippen LogP contribution is 2.63. The van der Waals surface area contributed by atoms with E-state index in [0.29, 0.717) is 0 Å². The van der Waals surface area contributed by atoms with E-state index in [1.165, 1.54) is 87.9 Å². The Kier molecular flexibility index (Phi) is 6.68. The Balaban J connectivity index is 1.05. The van der Waals surface area contributed by atoms with E-state index in [1.54, 1.807) is 0 Å². The summed E-state index contributed by atoms with van der Waals surface area (Å²) in [5, 5.41) is 7.47. The lowest BCUT2D eigenvalue weighted by molar-refractivity contribution is 0.796. The number of anilines is 3. The quantitative estimate of drug-likeness (QED) is 0.174. The van der Waals surface area contributed by atoms with Crippen molar-refractivity contribution in [2.45, 2.75) is 5.41 Å². The van der Waals surface area contributed by atoms with Crippen LogP contribution < -0.4 is 4.90 Å². The smallest absolute Gasteiger partial charge is 0.0725 e. The molecule has 0 aliphatic heterocycles. The molecule has 2 heteroatoms. The summed E-state index contributed by atoms with van der Waals surface area (Å²) in [5.74, 6) is 0. The highest BCUT2D eigenvalue weighted by atomic mass is 15.1. The highest BCUT2D eigenvalue weighted by Gasteiger charge is 2.51. The minimum atomic E-state index is -0.427. The molecule has 0 N–H and O–H groups in total. The van der Waals surface area contributed by atoms with Crippen LogP contribution in [0.5, 0.6) is 0 Å². The standard InChI is InChI=1S/C57H36N2/c1-3-17-41(18-4-1)58(44-29-30-56-50(36-44)47-23-11-14-26-55(47)59(56)42-19-5-2-6-20-42)43-28-27-39-33-49-48-32-37-15-7-8-16-38(37)34-53(48)57(54(49)35-40(39)31-43)51-24-12-9-21-45(51)46-22-10-13-25-52(46)57/h1-36H. The number of aromatic nitrogens is 1. The first-order valence-corrected chi connectivity index (χ1v) is 20.5. The molecule has 274 valence electrons. The zero-order valence-electron chi connectivity index (χ0n) is 32.2. The first-order chi connectivity index (χ1) is 29.3. The molecule has 2 nitrogen and oxygen atoms in total. The van der Waals surface area contributed by atoms with Crippen molar-refractivity contribution in [2.24, 2.45) is 0 Å². The summed E-state index contributed by atoms with van der Waals surface area (Å²) >= 11 is 0. The molecule has 10 aromatic carbocycles. The summed E-state index contributed by atoms with van der Waals surface area (Å²) in [7, 11) is 0. The SMILES string of the molecule is c1ccc(N(c2ccc3cc4c(cc3c2)C2(c3ccccc3-c3ccccc32)c2cc3ccccc3cc2-4)c2ccc3c(c2)c2ccccc2n3-c2ccccc2)cc1. The molecule has 2 aliphatic carbocycles. The largest absolute Gasteiger partial charge is 0.310 e. The lowest BCUT2D eigenvalue weighted by Crippen LogP contribution is -2.25. The van der Waals surface area contributed by atoms with Crippen molar-refractivity contribution in [3.63, 3.8) is 0 Å². The molecular weight excluding hydrogens is 713 g/mol. The summed E-state index contributed by atoms with van der Waals surface area (Å²) in [6, 6.07) is 81.1. The first kappa shape index (κ1) is 32.4. The minimum Gasteiger partial charge on any atom is -0.310 e. The molecule has 1 aromatic heterocycles. The third-order valence-corrected chi connectivity index (χ3v) is 13.1. The Labute approximate surface area is 342 Å². The van der Waals surface area contributed by atoms with E-state index in [9.17, 15) is 0 Å². The van der Waals surface area contributed by atoms with Gasteiger partial charge >= 0.3 is 0 Å². The summed E-state index contributed by atoms with van der Waals surface area (Å²) in [5.41, 5.74) is 17.2. The van der Waals surface area contributed by atoms with Gasteiger partial charge in [-0.05, 0) is 151 Å². The second-order valence-corrected chi connectivity index (χ2v) is 16.1. The molecule has 2 aliphatic rings. The number of para-hydroxylation sites is 3. The van der Waals surface area contributed by atoms with Crippen LogP contribution in [0.1, 0.15) is 22.3 Å². The number of hydrogen-bond acceptors (Lipinski definition) is 1. The average Bonchev–Trinajstić information content (AvgIpc) is 3.89. The Morgan fingerprint density at radius 3 is 1.56 bits per heavy atom. The predicted octanol–water partition coefficient (Wildman–Crippen LogP) is 14.9. The van der Waals surface area contributed by atoms with Crippen LogP contribution in [0.3, 0.4) is 0 Å². The highest BCUT2D eigenvalue weighted by molar-refractivity contribution is 6.11. The number of hydrogen-bond donors (Lipinski definition) is 0. The Hall–Kier alpha value is -7.68. The van der Waals surface area contributed by atoms with Crippen molar-refractivity contribution in [1.82, 2.24) is 4.57 Å². The molecular formula is C57H36N2. The number of rotatable bonds is 4. The van der Waals surface area contributed by atoms with Crippen LogP contribution in [0, 0.1) is 0 Å². The average molecular weight is 749 g/mol. The first-order valence-electron chi connectivity index (χ1n) is 20.5. The summed E-state index contributed by atoms with van der Waals surface area (Å²) < 4.78 is 2.38. The van der Waals surface area contributed by atoms with Crippen LogP contribution >= 0.6 is 0 Å². The Bertz CT molecular complexity index is 3460. The maximum atomic E-state index is 2.51. The van der Waals surface area contributed by atoms with Gasteiger partial charge in [-0.2, -0.15) is 0 Å². The van der Waals surface area contributed by atoms with Crippen molar-refractivity contribution in [1.29, 1.82) is 0 Å². The van der Waals surface area contributed by atoms with Gasteiger partial charge in [0.05, 0.1) is 16.4 Å². The monoisotopic (exact) mass is 748 g/mol. The molecule has 0 amide bonds. The van der Waals surface area contributed by atoms with Gasteiger partial charge in [-0.15, -0.1) is 0 Å². The molecule has 59 heavy (non-hydrogen) atoms. The zero-order valence-corrected chi connectivity index (χ0v) is 32.2. The Morgan fingerprint density at radius 2 is 0.831 bits per heavy atom. The molecule has 1 spiro atoms. The van der Waals surface area contributed by atoms with E-state index in [0.717, 1.165) is 22.7 Å². The molecule has 0 atom stereocenters. The van der Waals surface area contributed by atoms with Gasteiger partial charge < -0.3 is 9.47 Å². The van der Waals surface area contributed by atoms with Gasteiger partial charge in [0.15, 0.2) is 0 Å². The van der Waals surface area contributed by atoms with Crippen molar-refractivity contribution in [3.05, 3.63) is 241 Å². The van der Waals surface area contributed by atoms with Gasteiger partial charge in [0.1, 0.15) is 0 Å². The van der Waals surface area contributed by atoms with E-state index in [1.807, 2.05) is 0 Å².